The Morgan fingerprint density at radius 2 is 1.80 bits per heavy atom. The lowest BCUT2D eigenvalue weighted by Crippen LogP contribution is -2.25. The second-order valence-corrected chi connectivity index (χ2v) is 4.92. The molecule has 1 rings (SSSR count). The number of carboxylic acids is 1. The molecule has 0 unspecified atom stereocenters. The van der Waals surface area contributed by atoms with Crippen LogP contribution in [0.25, 0.3) is 0 Å². The van der Waals surface area contributed by atoms with Crippen LogP contribution in [0.4, 0.5) is 0 Å². The van der Waals surface area contributed by atoms with Gasteiger partial charge in [0.1, 0.15) is 0 Å². The summed E-state index contributed by atoms with van der Waals surface area (Å²) in [6.45, 7) is 0.348. The zero-order valence-electron chi connectivity index (χ0n) is 11.0. The van der Waals surface area contributed by atoms with Crippen molar-refractivity contribution in [2.45, 2.75) is 6.54 Å². The van der Waals surface area contributed by atoms with Crippen molar-refractivity contribution >= 4 is 29.5 Å². The topological polar surface area (TPSA) is 95.5 Å². The van der Waals surface area contributed by atoms with Crippen LogP contribution in [0.2, 0.25) is 0 Å². The van der Waals surface area contributed by atoms with E-state index in [2.05, 4.69) is 10.6 Å². The number of benzene rings is 1. The first-order valence-corrected chi connectivity index (χ1v) is 7.05. The number of hydrogen-bond donors (Lipinski definition) is 3. The Bertz CT molecular complexity index is 488. The van der Waals surface area contributed by atoms with Crippen LogP contribution < -0.4 is 10.6 Å². The summed E-state index contributed by atoms with van der Waals surface area (Å²) in [5, 5.41) is 13.6. The highest BCUT2D eigenvalue weighted by molar-refractivity contribution is 8.00. The van der Waals surface area contributed by atoms with Gasteiger partial charge in [-0.05, 0) is 17.7 Å². The fraction of sp³-hybridized carbons (Fsp3) is 0.308. The summed E-state index contributed by atoms with van der Waals surface area (Å²) >= 11 is 1.05. The van der Waals surface area contributed by atoms with Crippen molar-refractivity contribution in [1.29, 1.82) is 0 Å². The molecule has 0 heterocycles. The monoisotopic (exact) mass is 296 g/mol. The molecule has 0 aliphatic heterocycles. The van der Waals surface area contributed by atoms with E-state index in [4.69, 9.17) is 5.11 Å². The number of carbonyl (C=O) groups excluding carboxylic acids is 2. The van der Waals surface area contributed by atoms with Crippen LogP contribution in [0.1, 0.15) is 15.9 Å². The summed E-state index contributed by atoms with van der Waals surface area (Å²) in [6.07, 6.45) is 0. The minimum absolute atomic E-state index is 0.0890. The molecule has 0 aromatic heterocycles. The average Bonchev–Trinajstić information content (AvgIpc) is 2.44. The summed E-state index contributed by atoms with van der Waals surface area (Å²) < 4.78 is 0. The van der Waals surface area contributed by atoms with E-state index in [-0.39, 0.29) is 23.3 Å². The van der Waals surface area contributed by atoms with Gasteiger partial charge in [-0.25, -0.2) is 0 Å². The lowest BCUT2D eigenvalue weighted by molar-refractivity contribution is -0.133. The Morgan fingerprint density at radius 1 is 1.15 bits per heavy atom. The predicted molar refractivity (Wildman–Crippen MR) is 76.6 cm³/mol. The van der Waals surface area contributed by atoms with Crippen LogP contribution in [0, 0.1) is 0 Å². The largest absolute Gasteiger partial charge is 0.481 e. The Balaban J connectivity index is 2.36. The standard InChI is InChI=1S/C13H16N2O4S/c1-14-13(19)10-4-2-9(3-5-10)6-15-11(16)7-20-8-12(17)18/h2-5H,6-8H2,1H3,(H,14,19)(H,15,16)(H,17,18). The highest BCUT2D eigenvalue weighted by Gasteiger charge is 2.05. The molecule has 0 saturated heterocycles. The minimum Gasteiger partial charge on any atom is -0.481 e. The number of aliphatic carboxylic acids is 1. The number of nitrogens with one attached hydrogen (secondary N) is 2. The first kappa shape index (κ1) is 16.0. The molecule has 108 valence electrons. The van der Waals surface area contributed by atoms with E-state index >= 15 is 0 Å². The molecule has 6 nitrogen and oxygen atoms in total. The smallest absolute Gasteiger partial charge is 0.313 e. The molecule has 0 aliphatic rings. The van der Waals surface area contributed by atoms with Crippen molar-refractivity contribution in [1.82, 2.24) is 10.6 Å². The quantitative estimate of drug-likeness (QED) is 0.680. The van der Waals surface area contributed by atoms with Gasteiger partial charge in [-0.3, -0.25) is 14.4 Å². The number of carbonyl (C=O) groups is 3. The Hall–Kier alpha value is -2.02. The van der Waals surface area contributed by atoms with Crippen LogP contribution >= 0.6 is 11.8 Å². The second-order valence-electron chi connectivity index (χ2n) is 3.94. The van der Waals surface area contributed by atoms with Crippen LogP contribution in [-0.4, -0.2) is 41.4 Å². The van der Waals surface area contributed by atoms with Crippen molar-refractivity contribution in [2.75, 3.05) is 18.6 Å². The third-order valence-electron chi connectivity index (χ3n) is 2.39. The number of amides is 2. The molecular weight excluding hydrogens is 280 g/mol. The summed E-state index contributed by atoms with van der Waals surface area (Å²) in [5.74, 6) is -1.29. The Morgan fingerprint density at radius 3 is 2.35 bits per heavy atom. The van der Waals surface area contributed by atoms with E-state index in [0.717, 1.165) is 17.3 Å². The summed E-state index contributed by atoms with van der Waals surface area (Å²) in [6, 6.07) is 6.88. The van der Waals surface area contributed by atoms with Crippen molar-refractivity contribution in [2.24, 2.45) is 0 Å². The van der Waals surface area contributed by atoms with Gasteiger partial charge < -0.3 is 15.7 Å². The SMILES string of the molecule is CNC(=O)c1ccc(CNC(=O)CSCC(=O)O)cc1. The van der Waals surface area contributed by atoms with Gasteiger partial charge >= 0.3 is 5.97 Å². The highest BCUT2D eigenvalue weighted by atomic mass is 32.2. The molecule has 1 aromatic rings. The van der Waals surface area contributed by atoms with Gasteiger partial charge in [-0.2, -0.15) is 0 Å². The molecule has 0 bridgehead atoms. The molecule has 0 aliphatic carbocycles. The fourth-order valence-corrected chi connectivity index (χ4v) is 1.97. The molecule has 1 aromatic carbocycles. The fourth-order valence-electron chi connectivity index (χ4n) is 1.40. The zero-order valence-corrected chi connectivity index (χ0v) is 11.8. The minimum atomic E-state index is -0.937. The molecular formula is C13H16N2O4S. The van der Waals surface area contributed by atoms with E-state index < -0.39 is 5.97 Å². The maximum Gasteiger partial charge on any atom is 0.313 e. The Kier molecular flexibility index (Phi) is 6.58. The average molecular weight is 296 g/mol. The second kappa shape index (κ2) is 8.21. The molecule has 0 atom stereocenters. The summed E-state index contributed by atoms with van der Waals surface area (Å²) in [5.41, 5.74) is 1.42. The molecule has 0 fully saturated rings. The van der Waals surface area contributed by atoms with Crippen molar-refractivity contribution < 1.29 is 19.5 Å². The van der Waals surface area contributed by atoms with Crippen LogP contribution in [0.15, 0.2) is 24.3 Å². The van der Waals surface area contributed by atoms with E-state index in [1.165, 1.54) is 0 Å². The van der Waals surface area contributed by atoms with E-state index in [0.29, 0.717) is 12.1 Å². The first-order valence-electron chi connectivity index (χ1n) is 5.90. The van der Waals surface area contributed by atoms with Gasteiger partial charge in [-0.15, -0.1) is 11.8 Å². The van der Waals surface area contributed by atoms with E-state index in [9.17, 15) is 14.4 Å². The first-order chi connectivity index (χ1) is 9.52. The van der Waals surface area contributed by atoms with Crippen LogP contribution in [0.3, 0.4) is 0 Å². The molecule has 3 N–H and O–H groups in total. The molecule has 20 heavy (non-hydrogen) atoms. The van der Waals surface area contributed by atoms with Gasteiger partial charge in [0.05, 0.1) is 11.5 Å². The van der Waals surface area contributed by atoms with Gasteiger partial charge in [0.25, 0.3) is 5.91 Å². The van der Waals surface area contributed by atoms with Gasteiger partial charge in [-0.1, -0.05) is 12.1 Å². The van der Waals surface area contributed by atoms with E-state index in [1.807, 2.05) is 0 Å². The van der Waals surface area contributed by atoms with Gasteiger partial charge in [0.2, 0.25) is 5.91 Å². The number of hydrogen-bond acceptors (Lipinski definition) is 4. The third kappa shape index (κ3) is 5.75. The third-order valence-corrected chi connectivity index (χ3v) is 3.31. The number of rotatable bonds is 7. The summed E-state index contributed by atoms with van der Waals surface area (Å²) in [7, 11) is 1.56. The maximum atomic E-state index is 11.4. The normalized spacial score (nSPS) is 9.85. The zero-order chi connectivity index (χ0) is 15.0. The van der Waals surface area contributed by atoms with Gasteiger partial charge in [0.15, 0.2) is 0 Å². The van der Waals surface area contributed by atoms with E-state index in [1.54, 1.807) is 31.3 Å². The Labute approximate surface area is 120 Å². The molecule has 0 radical (unpaired) electrons. The molecule has 0 saturated carbocycles. The summed E-state index contributed by atoms with van der Waals surface area (Å²) in [4.78, 5) is 33.0. The van der Waals surface area contributed by atoms with Crippen molar-refractivity contribution in [3.8, 4) is 0 Å². The van der Waals surface area contributed by atoms with Crippen LogP contribution in [-0.2, 0) is 16.1 Å². The number of thioether (sulfide) groups is 1. The van der Waals surface area contributed by atoms with Crippen LogP contribution in [0.5, 0.6) is 0 Å². The predicted octanol–water partition coefficient (Wildman–Crippen LogP) is 0.480. The lowest BCUT2D eigenvalue weighted by Gasteiger charge is -2.06. The molecule has 2 amide bonds. The molecule has 7 heteroatoms. The highest BCUT2D eigenvalue weighted by Crippen LogP contribution is 2.05. The lowest BCUT2D eigenvalue weighted by atomic mass is 10.1. The van der Waals surface area contributed by atoms with Crippen molar-refractivity contribution in [3.05, 3.63) is 35.4 Å². The number of carboxylic acid groups (broad SMARTS) is 1. The maximum absolute atomic E-state index is 11.4. The van der Waals surface area contributed by atoms with Crippen molar-refractivity contribution in [3.63, 3.8) is 0 Å². The molecule has 0 spiro atoms. The van der Waals surface area contributed by atoms with Gasteiger partial charge in [0, 0.05) is 19.2 Å².